The third-order valence-electron chi connectivity index (χ3n) is 3.63. The fraction of sp³-hybridized carbons (Fsp3) is 0.400. The maximum atomic E-state index is 11.7. The molecule has 0 N–H and O–H groups in total. The number of piperazine rings is 1. The Labute approximate surface area is 134 Å². The van der Waals surface area contributed by atoms with Crippen LogP contribution < -0.4 is 9.80 Å². The Balaban J connectivity index is 1.72. The first kappa shape index (κ1) is 15.1. The van der Waals surface area contributed by atoms with Gasteiger partial charge in [0.15, 0.2) is 5.69 Å². The van der Waals surface area contributed by atoms with Gasteiger partial charge in [0.05, 0.1) is 7.11 Å². The number of methoxy groups -OCH3 is 1. The predicted molar refractivity (Wildman–Crippen MR) is 84.6 cm³/mol. The molecule has 1 aliphatic rings. The van der Waals surface area contributed by atoms with Crippen LogP contribution in [0.15, 0.2) is 24.5 Å². The number of esters is 1. The molecule has 2 aromatic rings. The molecule has 1 saturated heterocycles. The van der Waals surface area contributed by atoms with Crippen LogP contribution in [0.2, 0.25) is 0 Å². The second kappa shape index (κ2) is 6.55. The number of ether oxygens (including phenoxy) is 1. The molecule has 1 fully saturated rings. The summed E-state index contributed by atoms with van der Waals surface area (Å²) in [5.41, 5.74) is 1.02. The molecule has 0 aliphatic carbocycles. The monoisotopic (exact) mass is 314 g/mol. The van der Waals surface area contributed by atoms with Gasteiger partial charge in [0.2, 0.25) is 11.9 Å². The molecule has 3 heterocycles. The fourth-order valence-corrected chi connectivity index (χ4v) is 2.46. The number of aromatic nitrogens is 4. The van der Waals surface area contributed by atoms with E-state index in [2.05, 4.69) is 29.7 Å². The third kappa shape index (κ3) is 3.36. The van der Waals surface area contributed by atoms with Crippen molar-refractivity contribution in [2.24, 2.45) is 0 Å². The zero-order valence-electron chi connectivity index (χ0n) is 13.1. The van der Waals surface area contributed by atoms with Crippen molar-refractivity contribution in [3.8, 4) is 0 Å². The van der Waals surface area contributed by atoms with Gasteiger partial charge in [-0.1, -0.05) is 0 Å². The van der Waals surface area contributed by atoms with Crippen molar-refractivity contribution in [2.45, 2.75) is 6.92 Å². The lowest BCUT2D eigenvalue weighted by molar-refractivity contribution is 0.0593. The highest BCUT2D eigenvalue weighted by atomic mass is 16.5. The van der Waals surface area contributed by atoms with Gasteiger partial charge < -0.3 is 14.5 Å². The molecule has 8 heteroatoms. The van der Waals surface area contributed by atoms with Crippen molar-refractivity contribution in [3.63, 3.8) is 0 Å². The average Bonchev–Trinajstić information content (AvgIpc) is 2.61. The Morgan fingerprint density at radius 2 is 1.65 bits per heavy atom. The van der Waals surface area contributed by atoms with Crippen LogP contribution in [0.25, 0.3) is 0 Å². The van der Waals surface area contributed by atoms with Gasteiger partial charge in [0, 0.05) is 44.3 Å². The van der Waals surface area contributed by atoms with Crippen molar-refractivity contribution in [3.05, 3.63) is 35.9 Å². The first-order valence-electron chi connectivity index (χ1n) is 7.38. The molecule has 0 radical (unpaired) electrons. The number of hydrogen-bond donors (Lipinski definition) is 0. The quantitative estimate of drug-likeness (QED) is 0.765. The first-order chi connectivity index (χ1) is 11.2. The number of hydrogen-bond acceptors (Lipinski definition) is 8. The highest BCUT2D eigenvalue weighted by molar-refractivity contribution is 5.87. The van der Waals surface area contributed by atoms with E-state index in [0.717, 1.165) is 37.8 Å². The summed E-state index contributed by atoms with van der Waals surface area (Å²) in [6.45, 7) is 4.86. The van der Waals surface area contributed by atoms with Crippen LogP contribution in [0, 0.1) is 6.92 Å². The molecule has 0 saturated carbocycles. The van der Waals surface area contributed by atoms with E-state index in [1.54, 1.807) is 24.5 Å². The first-order valence-corrected chi connectivity index (χ1v) is 7.38. The summed E-state index contributed by atoms with van der Waals surface area (Å²) in [5, 5.41) is 0. The van der Waals surface area contributed by atoms with Crippen LogP contribution in [-0.2, 0) is 4.74 Å². The summed E-state index contributed by atoms with van der Waals surface area (Å²) >= 11 is 0. The van der Waals surface area contributed by atoms with E-state index in [-0.39, 0.29) is 5.69 Å². The summed E-state index contributed by atoms with van der Waals surface area (Å²) in [6.07, 6.45) is 3.47. The summed E-state index contributed by atoms with van der Waals surface area (Å²) in [4.78, 5) is 33.1. The molecule has 23 heavy (non-hydrogen) atoms. The molecular formula is C15H18N6O2. The van der Waals surface area contributed by atoms with Crippen LogP contribution >= 0.6 is 0 Å². The van der Waals surface area contributed by atoms with Crippen molar-refractivity contribution >= 4 is 17.9 Å². The van der Waals surface area contributed by atoms with Gasteiger partial charge >= 0.3 is 5.97 Å². The molecule has 0 atom stereocenters. The molecule has 2 aromatic heterocycles. The molecule has 120 valence electrons. The SMILES string of the molecule is COC(=O)c1cc(C)nc(N2CCN(c3ncccn3)CC2)n1. The number of anilines is 2. The highest BCUT2D eigenvalue weighted by Gasteiger charge is 2.22. The van der Waals surface area contributed by atoms with Gasteiger partial charge in [0.25, 0.3) is 0 Å². The Bertz CT molecular complexity index is 686. The number of aryl methyl sites for hydroxylation is 1. The fourth-order valence-electron chi connectivity index (χ4n) is 2.46. The van der Waals surface area contributed by atoms with Crippen LogP contribution in [-0.4, -0.2) is 59.2 Å². The molecular weight excluding hydrogens is 296 g/mol. The minimum atomic E-state index is -0.451. The topological polar surface area (TPSA) is 84.3 Å². The average molecular weight is 314 g/mol. The van der Waals surface area contributed by atoms with E-state index in [4.69, 9.17) is 4.74 Å². The molecule has 0 bridgehead atoms. The Morgan fingerprint density at radius 1 is 1.04 bits per heavy atom. The van der Waals surface area contributed by atoms with Crippen LogP contribution in [0.3, 0.4) is 0 Å². The van der Waals surface area contributed by atoms with Crippen LogP contribution in [0.4, 0.5) is 11.9 Å². The Morgan fingerprint density at radius 3 is 2.26 bits per heavy atom. The summed E-state index contributed by atoms with van der Waals surface area (Å²) in [5.74, 6) is 0.833. The largest absolute Gasteiger partial charge is 0.464 e. The van der Waals surface area contributed by atoms with Crippen LogP contribution in [0.1, 0.15) is 16.2 Å². The van der Waals surface area contributed by atoms with Crippen LogP contribution in [0.5, 0.6) is 0 Å². The maximum absolute atomic E-state index is 11.7. The van der Waals surface area contributed by atoms with Gasteiger partial charge in [-0.15, -0.1) is 0 Å². The Kier molecular flexibility index (Phi) is 4.31. The van der Waals surface area contributed by atoms with E-state index in [9.17, 15) is 4.79 Å². The number of nitrogens with zero attached hydrogens (tertiary/aromatic N) is 6. The second-order valence-electron chi connectivity index (χ2n) is 5.21. The molecule has 8 nitrogen and oxygen atoms in total. The zero-order chi connectivity index (χ0) is 16.2. The van der Waals surface area contributed by atoms with Crippen molar-refractivity contribution in [2.75, 3.05) is 43.1 Å². The van der Waals surface area contributed by atoms with E-state index in [1.807, 2.05) is 6.92 Å². The highest BCUT2D eigenvalue weighted by Crippen LogP contribution is 2.16. The number of rotatable bonds is 3. The van der Waals surface area contributed by atoms with E-state index in [1.165, 1.54) is 7.11 Å². The summed E-state index contributed by atoms with van der Waals surface area (Å²) in [7, 11) is 1.35. The van der Waals surface area contributed by atoms with Crippen molar-refractivity contribution < 1.29 is 9.53 Å². The molecule has 0 unspecified atom stereocenters. The van der Waals surface area contributed by atoms with Crippen molar-refractivity contribution in [1.82, 2.24) is 19.9 Å². The standard InChI is InChI=1S/C15H18N6O2/c1-11-10-12(13(22)23-2)19-15(18-11)21-8-6-20(7-9-21)14-16-4-3-5-17-14/h3-5,10H,6-9H2,1-2H3. The minimum absolute atomic E-state index is 0.281. The third-order valence-corrected chi connectivity index (χ3v) is 3.63. The molecule has 3 rings (SSSR count). The Hall–Kier alpha value is -2.77. The van der Waals surface area contributed by atoms with Gasteiger partial charge in [0.1, 0.15) is 0 Å². The number of carbonyl (C=O) groups excluding carboxylic acids is 1. The predicted octanol–water partition coefficient (Wildman–Crippen LogP) is 0.688. The lowest BCUT2D eigenvalue weighted by atomic mass is 10.3. The molecule has 0 aromatic carbocycles. The summed E-state index contributed by atoms with van der Waals surface area (Å²) < 4.78 is 4.74. The number of carbonyl (C=O) groups is 1. The molecule has 0 spiro atoms. The van der Waals surface area contributed by atoms with E-state index >= 15 is 0 Å². The van der Waals surface area contributed by atoms with Gasteiger partial charge in [-0.2, -0.15) is 0 Å². The lowest BCUT2D eigenvalue weighted by Crippen LogP contribution is -2.47. The van der Waals surface area contributed by atoms with Crippen molar-refractivity contribution in [1.29, 1.82) is 0 Å². The van der Waals surface area contributed by atoms with E-state index < -0.39 is 5.97 Å². The normalized spacial score (nSPS) is 14.7. The second-order valence-corrected chi connectivity index (χ2v) is 5.21. The van der Waals surface area contributed by atoms with E-state index in [0.29, 0.717) is 5.95 Å². The maximum Gasteiger partial charge on any atom is 0.356 e. The molecule has 1 aliphatic heterocycles. The summed E-state index contributed by atoms with van der Waals surface area (Å²) in [6, 6.07) is 3.43. The smallest absolute Gasteiger partial charge is 0.356 e. The van der Waals surface area contributed by atoms with Gasteiger partial charge in [-0.25, -0.2) is 24.7 Å². The zero-order valence-corrected chi connectivity index (χ0v) is 13.1. The van der Waals surface area contributed by atoms with Gasteiger partial charge in [-0.3, -0.25) is 0 Å². The minimum Gasteiger partial charge on any atom is -0.464 e. The molecule has 0 amide bonds. The lowest BCUT2D eigenvalue weighted by Gasteiger charge is -2.34. The van der Waals surface area contributed by atoms with Gasteiger partial charge in [-0.05, 0) is 19.1 Å².